The number of halogens is 1. The number of aryl methyl sites for hydroxylation is 1. The van der Waals surface area contributed by atoms with E-state index >= 15 is 0 Å². The van der Waals surface area contributed by atoms with Crippen molar-refractivity contribution in [2.45, 2.75) is 19.9 Å². The summed E-state index contributed by atoms with van der Waals surface area (Å²) in [6.07, 6.45) is 0.895. The summed E-state index contributed by atoms with van der Waals surface area (Å²) < 4.78 is 0. The maximum absolute atomic E-state index is 12.3. The lowest BCUT2D eigenvalue weighted by Gasteiger charge is -2.28. The Hall–Kier alpha value is -2.24. The lowest BCUT2D eigenvalue weighted by Crippen LogP contribution is -2.35. The first-order valence-electron chi connectivity index (χ1n) is 7.27. The summed E-state index contributed by atoms with van der Waals surface area (Å²) in [5.41, 5.74) is 4.65. The molecule has 0 N–H and O–H groups in total. The highest BCUT2D eigenvalue weighted by atomic mass is 35.5. The van der Waals surface area contributed by atoms with Gasteiger partial charge >= 0.3 is 0 Å². The Kier molecular flexibility index (Phi) is 4.18. The highest BCUT2D eigenvalue weighted by molar-refractivity contribution is 6.30. The number of hydrogen-bond donors (Lipinski definition) is 0. The monoisotopic (exact) mass is 309 g/mol. The van der Waals surface area contributed by atoms with E-state index < -0.39 is 0 Å². The first-order valence-corrected chi connectivity index (χ1v) is 7.65. The predicted octanol–water partition coefficient (Wildman–Crippen LogP) is 3.58. The molecule has 1 heterocycles. The molecule has 0 aliphatic carbocycles. The molecule has 1 aliphatic rings. The molecular weight excluding hydrogens is 294 g/mol. The second-order valence-corrected chi connectivity index (χ2v) is 5.89. The molecular formula is C19H16ClNO. The van der Waals surface area contributed by atoms with Crippen LogP contribution in [0.3, 0.4) is 0 Å². The lowest BCUT2D eigenvalue weighted by atomic mass is 9.95. The molecule has 0 bridgehead atoms. The number of hydrogen-bond acceptors (Lipinski definition) is 1. The Morgan fingerprint density at radius 2 is 2.05 bits per heavy atom. The van der Waals surface area contributed by atoms with E-state index in [2.05, 4.69) is 30.9 Å². The van der Waals surface area contributed by atoms with Gasteiger partial charge in [0.25, 0.3) is 5.91 Å². The van der Waals surface area contributed by atoms with Crippen LogP contribution >= 0.6 is 11.6 Å². The van der Waals surface area contributed by atoms with E-state index in [0.717, 1.165) is 18.5 Å². The zero-order valence-electron chi connectivity index (χ0n) is 12.4. The van der Waals surface area contributed by atoms with E-state index in [1.54, 1.807) is 17.0 Å². The molecule has 0 saturated carbocycles. The molecule has 2 aromatic rings. The van der Waals surface area contributed by atoms with Crippen LogP contribution in [0.15, 0.2) is 42.5 Å². The highest BCUT2D eigenvalue weighted by Crippen LogP contribution is 2.21. The molecule has 0 unspecified atom stereocenters. The van der Waals surface area contributed by atoms with Crippen molar-refractivity contribution in [3.05, 3.63) is 69.7 Å². The highest BCUT2D eigenvalue weighted by Gasteiger charge is 2.20. The van der Waals surface area contributed by atoms with Crippen molar-refractivity contribution in [1.29, 1.82) is 0 Å². The van der Waals surface area contributed by atoms with Crippen LogP contribution in [-0.2, 0) is 17.8 Å². The fourth-order valence-corrected chi connectivity index (χ4v) is 2.93. The number of benzene rings is 2. The maximum atomic E-state index is 12.3. The summed E-state index contributed by atoms with van der Waals surface area (Å²) in [7, 11) is 0. The second-order valence-electron chi connectivity index (χ2n) is 5.45. The topological polar surface area (TPSA) is 20.3 Å². The van der Waals surface area contributed by atoms with Gasteiger partial charge < -0.3 is 4.90 Å². The van der Waals surface area contributed by atoms with Crippen molar-refractivity contribution < 1.29 is 4.79 Å². The molecule has 0 spiro atoms. The zero-order valence-corrected chi connectivity index (χ0v) is 13.2. The van der Waals surface area contributed by atoms with E-state index in [9.17, 15) is 4.79 Å². The Bertz CT molecular complexity index is 786. The average molecular weight is 310 g/mol. The van der Waals surface area contributed by atoms with Gasteiger partial charge in [0.2, 0.25) is 0 Å². The second kappa shape index (κ2) is 6.25. The summed E-state index contributed by atoms with van der Waals surface area (Å²) in [5, 5.41) is 0.627. The molecule has 0 aromatic heterocycles. The van der Waals surface area contributed by atoms with Gasteiger partial charge in [-0.05, 0) is 48.2 Å². The number of nitrogens with zero attached hydrogens (tertiary/aromatic N) is 1. The molecule has 3 rings (SSSR count). The van der Waals surface area contributed by atoms with Crippen LogP contribution < -0.4 is 0 Å². The Balaban J connectivity index is 1.75. The molecule has 22 heavy (non-hydrogen) atoms. The number of carbonyl (C=O) groups excluding carboxylic acids is 1. The van der Waals surface area contributed by atoms with E-state index in [1.165, 1.54) is 16.7 Å². The average Bonchev–Trinajstić information content (AvgIpc) is 2.52. The number of carbonyl (C=O) groups is 1. The van der Waals surface area contributed by atoms with Gasteiger partial charge in [0.1, 0.15) is 0 Å². The van der Waals surface area contributed by atoms with Crippen LogP contribution in [0.4, 0.5) is 0 Å². The van der Waals surface area contributed by atoms with Gasteiger partial charge in [-0.3, -0.25) is 4.79 Å². The molecule has 0 fully saturated rings. The van der Waals surface area contributed by atoms with Crippen molar-refractivity contribution in [3.63, 3.8) is 0 Å². The van der Waals surface area contributed by atoms with Crippen LogP contribution in [0.25, 0.3) is 0 Å². The van der Waals surface area contributed by atoms with Crippen molar-refractivity contribution in [3.8, 4) is 11.8 Å². The van der Waals surface area contributed by atoms with Gasteiger partial charge in [-0.15, -0.1) is 0 Å². The summed E-state index contributed by atoms with van der Waals surface area (Å²) >= 11 is 5.92. The largest absolute Gasteiger partial charge is 0.327 e. The van der Waals surface area contributed by atoms with Gasteiger partial charge in [-0.25, -0.2) is 0 Å². The molecule has 110 valence electrons. The molecule has 1 amide bonds. The SMILES string of the molecule is Cc1cccc2c1CCN(C(=O)C#Cc1cccc(Cl)c1)C2. The van der Waals surface area contributed by atoms with Gasteiger partial charge in [0, 0.05) is 29.6 Å². The van der Waals surface area contributed by atoms with Crippen LogP contribution in [0, 0.1) is 18.8 Å². The normalized spacial score (nSPS) is 13.1. The smallest absolute Gasteiger partial charge is 0.299 e. The fraction of sp³-hybridized carbons (Fsp3) is 0.211. The van der Waals surface area contributed by atoms with Gasteiger partial charge in [-0.1, -0.05) is 41.8 Å². The molecule has 0 saturated heterocycles. The van der Waals surface area contributed by atoms with Crippen molar-refractivity contribution in [2.24, 2.45) is 0 Å². The van der Waals surface area contributed by atoms with E-state index in [0.29, 0.717) is 11.6 Å². The van der Waals surface area contributed by atoms with Gasteiger partial charge in [0.05, 0.1) is 0 Å². The van der Waals surface area contributed by atoms with Gasteiger partial charge in [0.15, 0.2) is 0 Å². The van der Waals surface area contributed by atoms with Crippen molar-refractivity contribution in [2.75, 3.05) is 6.54 Å². The molecule has 1 aliphatic heterocycles. The first kappa shape index (κ1) is 14.7. The minimum Gasteiger partial charge on any atom is -0.327 e. The Labute approximate surface area is 135 Å². The molecule has 2 aromatic carbocycles. The maximum Gasteiger partial charge on any atom is 0.299 e. The lowest BCUT2D eigenvalue weighted by molar-refractivity contribution is -0.125. The van der Waals surface area contributed by atoms with E-state index in [-0.39, 0.29) is 5.91 Å². The van der Waals surface area contributed by atoms with Gasteiger partial charge in [-0.2, -0.15) is 0 Å². The third-order valence-corrected chi connectivity index (χ3v) is 4.16. The van der Waals surface area contributed by atoms with Crippen molar-refractivity contribution >= 4 is 17.5 Å². The minimum atomic E-state index is -0.132. The van der Waals surface area contributed by atoms with Crippen LogP contribution in [0.1, 0.15) is 22.3 Å². The third kappa shape index (κ3) is 3.16. The van der Waals surface area contributed by atoms with E-state index in [1.807, 2.05) is 18.2 Å². The quantitative estimate of drug-likeness (QED) is 0.681. The Morgan fingerprint density at radius 1 is 1.23 bits per heavy atom. The molecule has 3 heteroatoms. The fourth-order valence-electron chi connectivity index (χ4n) is 2.74. The number of amides is 1. The number of fused-ring (bicyclic) bond motifs is 1. The van der Waals surface area contributed by atoms with Crippen LogP contribution in [0.2, 0.25) is 5.02 Å². The first-order chi connectivity index (χ1) is 10.6. The molecule has 0 radical (unpaired) electrons. The standard InChI is InChI=1S/C19H16ClNO/c1-14-4-2-6-16-13-21(11-10-18(14)16)19(22)9-8-15-5-3-7-17(20)12-15/h2-7,12H,10-11,13H2,1H3. The summed E-state index contributed by atoms with van der Waals surface area (Å²) in [6, 6.07) is 13.5. The van der Waals surface area contributed by atoms with E-state index in [4.69, 9.17) is 11.6 Å². The summed E-state index contributed by atoms with van der Waals surface area (Å²) in [5.74, 6) is 5.48. The molecule has 0 atom stereocenters. The van der Waals surface area contributed by atoms with Crippen LogP contribution in [0.5, 0.6) is 0 Å². The zero-order chi connectivity index (χ0) is 15.5. The van der Waals surface area contributed by atoms with Crippen LogP contribution in [-0.4, -0.2) is 17.4 Å². The predicted molar refractivity (Wildman–Crippen MR) is 88.6 cm³/mol. The number of rotatable bonds is 0. The molecule has 2 nitrogen and oxygen atoms in total. The third-order valence-electron chi connectivity index (χ3n) is 3.93. The Morgan fingerprint density at radius 3 is 2.86 bits per heavy atom. The minimum absolute atomic E-state index is 0.132. The summed E-state index contributed by atoms with van der Waals surface area (Å²) in [6.45, 7) is 3.48. The van der Waals surface area contributed by atoms with Crippen molar-refractivity contribution in [1.82, 2.24) is 4.90 Å². The summed E-state index contributed by atoms with van der Waals surface area (Å²) in [4.78, 5) is 14.1.